The molecule has 1 aromatic carbocycles. The maximum Gasteiger partial charge on any atom is 0.169 e. The predicted molar refractivity (Wildman–Crippen MR) is 63.6 cm³/mol. The van der Waals surface area contributed by atoms with Gasteiger partial charge >= 0.3 is 0 Å². The van der Waals surface area contributed by atoms with Crippen molar-refractivity contribution in [2.24, 2.45) is 0 Å². The van der Waals surface area contributed by atoms with Crippen molar-refractivity contribution in [2.75, 3.05) is 19.6 Å². The summed E-state index contributed by atoms with van der Waals surface area (Å²) >= 11 is 5.11. The average Bonchev–Trinajstić information content (AvgIpc) is 2.66. The lowest BCUT2D eigenvalue weighted by molar-refractivity contribution is 0.149. The summed E-state index contributed by atoms with van der Waals surface area (Å²) in [6, 6.07) is 9.66. The summed E-state index contributed by atoms with van der Waals surface area (Å²) in [6.45, 7) is 2.32. The molecule has 0 aromatic heterocycles. The van der Waals surface area contributed by atoms with Crippen LogP contribution in [0.1, 0.15) is 11.7 Å². The van der Waals surface area contributed by atoms with E-state index in [1.165, 1.54) is 0 Å². The molecule has 1 aliphatic rings. The molecule has 0 bridgehead atoms. The van der Waals surface area contributed by atoms with E-state index in [2.05, 4.69) is 5.32 Å². The summed E-state index contributed by atoms with van der Waals surface area (Å²) in [4.78, 5) is 1.99. The zero-order valence-corrected chi connectivity index (χ0v) is 9.20. The molecule has 0 radical (unpaired) electrons. The molecule has 0 spiro atoms. The highest BCUT2D eigenvalue weighted by Crippen LogP contribution is 2.14. The second-order valence-corrected chi connectivity index (χ2v) is 3.99. The number of nitrogens with one attached hydrogen (secondary N) is 1. The molecule has 1 fully saturated rings. The Morgan fingerprint density at radius 3 is 2.73 bits per heavy atom. The van der Waals surface area contributed by atoms with Gasteiger partial charge in [0.15, 0.2) is 5.11 Å². The van der Waals surface area contributed by atoms with Crippen molar-refractivity contribution in [3.8, 4) is 0 Å². The van der Waals surface area contributed by atoms with Crippen LogP contribution in [-0.2, 0) is 0 Å². The highest BCUT2D eigenvalue weighted by molar-refractivity contribution is 7.80. The number of benzene rings is 1. The third-order valence-electron chi connectivity index (χ3n) is 2.52. The maximum absolute atomic E-state index is 9.97. The Balaban J connectivity index is 1.98. The smallest absolute Gasteiger partial charge is 0.169 e. The van der Waals surface area contributed by atoms with Gasteiger partial charge in [-0.15, -0.1) is 0 Å². The number of thiocarbonyl (C=S) groups is 1. The van der Waals surface area contributed by atoms with E-state index in [1.54, 1.807) is 0 Å². The molecule has 1 saturated heterocycles. The van der Waals surface area contributed by atoms with Crippen molar-refractivity contribution in [3.63, 3.8) is 0 Å². The Hall–Kier alpha value is -1.13. The van der Waals surface area contributed by atoms with Gasteiger partial charge in [0.05, 0.1) is 12.6 Å². The van der Waals surface area contributed by atoms with Gasteiger partial charge in [-0.1, -0.05) is 30.3 Å². The molecule has 3 nitrogen and oxygen atoms in total. The molecule has 1 atom stereocenters. The van der Waals surface area contributed by atoms with Gasteiger partial charge in [0, 0.05) is 13.1 Å². The fourth-order valence-corrected chi connectivity index (χ4v) is 1.94. The van der Waals surface area contributed by atoms with E-state index in [0.29, 0.717) is 6.54 Å². The van der Waals surface area contributed by atoms with Gasteiger partial charge < -0.3 is 15.3 Å². The number of rotatable bonds is 3. The molecule has 1 aliphatic heterocycles. The van der Waals surface area contributed by atoms with Crippen LogP contribution < -0.4 is 5.32 Å². The molecular weight excluding hydrogens is 208 g/mol. The zero-order valence-electron chi connectivity index (χ0n) is 8.39. The molecule has 2 N–H and O–H groups in total. The number of nitrogens with zero attached hydrogens (tertiary/aromatic N) is 1. The summed E-state index contributed by atoms with van der Waals surface area (Å²) in [7, 11) is 0. The monoisotopic (exact) mass is 222 g/mol. The van der Waals surface area contributed by atoms with Gasteiger partial charge in [0.2, 0.25) is 0 Å². The van der Waals surface area contributed by atoms with Gasteiger partial charge in [0.25, 0.3) is 0 Å². The Labute approximate surface area is 94.7 Å². The molecule has 1 unspecified atom stereocenters. The molecule has 0 aliphatic carbocycles. The van der Waals surface area contributed by atoms with Gasteiger partial charge in [0.1, 0.15) is 0 Å². The molecule has 2 rings (SSSR count). The molecule has 1 aromatic rings. The second-order valence-electron chi connectivity index (χ2n) is 3.60. The fourth-order valence-electron chi connectivity index (χ4n) is 1.67. The molecule has 15 heavy (non-hydrogen) atoms. The third kappa shape index (κ3) is 2.46. The highest BCUT2D eigenvalue weighted by Gasteiger charge is 2.19. The SMILES string of the molecule is OC(CN1CCNC1=S)c1ccccc1. The van der Waals surface area contributed by atoms with Crippen molar-refractivity contribution in [3.05, 3.63) is 35.9 Å². The molecule has 0 saturated carbocycles. The van der Waals surface area contributed by atoms with E-state index in [1.807, 2.05) is 35.2 Å². The van der Waals surface area contributed by atoms with Crippen LogP contribution in [0.3, 0.4) is 0 Å². The molecular formula is C11H14N2OS. The van der Waals surface area contributed by atoms with E-state index in [-0.39, 0.29) is 0 Å². The van der Waals surface area contributed by atoms with Crippen molar-refractivity contribution in [1.29, 1.82) is 0 Å². The summed E-state index contributed by atoms with van der Waals surface area (Å²) < 4.78 is 0. The first-order valence-corrected chi connectivity index (χ1v) is 5.44. The summed E-state index contributed by atoms with van der Waals surface area (Å²) in [5.41, 5.74) is 0.937. The Morgan fingerprint density at radius 1 is 1.40 bits per heavy atom. The van der Waals surface area contributed by atoms with Gasteiger partial charge in [-0.05, 0) is 17.8 Å². The van der Waals surface area contributed by atoms with Crippen LogP contribution in [0.5, 0.6) is 0 Å². The first-order chi connectivity index (χ1) is 7.27. The minimum Gasteiger partial charge on any atom is -0.387 e. The largest absolute Gasteiger partial charge is 0.387 e. The molecule has 80 valence electrons. The number of aliphatic hydroxyl groups is 1. The number of β-amino-alcohol motifs (C(OH)–C–C–N with tert-alkyl or cyclic N) is 1. The van der Waals surface area contributed by atoms with Crippen LogP contribution in [0.15, 0.2) is 30.3 Å². The normalized spacial score (nSPS) is 17.7. The van der Waals surface area contributed by atoms with Gasteiger partial charge in [-0.25, -0.2) is 0 Å². The zero-order chi connectivity index (χ0) is 10.7. The first-order valence-electron chi connectivity index (χ1n) is 5.03. The van der Waals surface area contributed by atoms with Crippen LogP contribution >= 0.6 is 12.2 Å². The summed E-state index contributed by atoms with van der Waals surface area (Å²) in [6.07, 6.45) is -0.468. The highest BCUT2D eigenvalue weighted by atomic mass is 32.1. The van der Waals surface area contributed by atoms with Gasteiger partial charge in [-0.3, -0.25) is 0 Å². The number of aliphatic hydroxyl groups excluding tert-OH is 1. The topological polar surface area (TPSA) is 35.5 Å². The van der Waals surface area contributed by atoms with E-state index in [4.69, 9.17) is 12.2 Å². The first kappa shape index (κ1) is 10.4. The quantitative estimate of drug-likeness (QED) is 0.745. The minimum atomic E-state index is -0.468. The maximum atomic E-state index is 9.97. The molecule has 1 heterocycles. The van der Waals surface area contributed by atoms with E-state index in [9.17, 15) is 5.11 Å². The van der Waals surface area contributed by atoms with Crippen molar-refractivity contribution in [1.82, 2.24) is 10.2 Å². The second kappa shape index (κ2) is 4.59. The number of hydrogen-bond acceptors (Lipinski definition) is 2. The van der Waals surface area contributed by atoms with Crippen LogP contribution in [-0.4, -0.2) is 34.8 Å². The number of hydrogen-bond donors (Lipinski definition) is 2. The van der Waals surface area contributed by atoms with Crippen LogP contribution in [0, 0.1) is 0 Å². The van der Waals surface area contributed by atoms with Crippen LogP contribution in [0.4, 0.5) is 0 Å². The predicted octanol–water partition coefficient (Wildman–Crippen LogP) is 0.910. The third-order valence-corrected chi connectivity index (χ3v) is 2.93. The molecule has 0 amide bonds. The van der Waals surface area contributed by atoms with E-state index >= 15 is 0 Å². The Kier molecular flexibility index (Phi) is 3.18. The lowest BCUT2D eigenvalue weighted by atomic mass is 10.1. The lowest BCUT2D eigenvalue weighted by Gasteiger charge is -2.20. The standard InChI is InChI=1S/C11H14N2OS/c14-10(9-4-2-1-3-5-9)8-13-7-6-12-11(13)15/h1-5,10,14H,6-8H2,(H,12,15). The lowest BCUT2D eigenvalue weighted by Crippen LogP contribution is -2.31. The van der Waals surface area contributed by atoms with Gasteiger partial charge in [-0.2, -0.15) is 0 Å². The van der Waals surface area contributed by atoms with Crippen molar-refractivity contribution < 1.29 is 5.11 Å². The van der Waals surface area contributed by atoms with Crippen molar-refractivity contribution >= 4 is 17.3 Å². The van der Waals surface area contributed by atoms with Crippen molar-refractivity contribution in [2.45, 2.75) is 6.10 Å². The van der Waals surface area contributed by atoms with E-state index < -0.39 is 6.10 Å². The van der Waals surface area contributed by atoms with E-state index in [0.717, 1.165) is 23.8 Å². The fraction of sp³-hybridized carbons (Fsp3) is 0.364. The Bertz CT molecular complexity index is 342. The molecule has 4 heteroatoms. The Morgan fingerprint density at radius 2 is 2.13 bits per heavy atom. The summed E-state index contributed by atoms with van der Waals surface area (Å²) in [5, 5.41) is 13.8. The minimum absolute atomic E-state index is 0.468. The average molecular weight is 222 g/mol. The van der Waals surface area contributed by atoms with Crippen LogP contribution in [0.2, 0.25) is 0 Å². The van der Waals surface area contributed by atoms with Crippen LogP contribution in [0.25, 0.3) is 0 Å². The summed E-state index contributed by atoms with van der Waals surface area (Å²) in [5.74, 6) is 0.